The van der Waals surface area contributed by atoms with Gasteiger partial charge in [-0.15, -0.1) is 0 Å². The third kappa shape index (κ3) is 4.51. The molecule has 0 aromatic heterocycles. The van der Waals surface area contributed by atoms with Crippen LogP contribution in [-0.4, -0.2) is 30.9 Å². The molecule has 1 atom stereocenters. The van der Waals surface area contributed by atoms with Crippen LogP contribution in [-0.2, 0) is 0 Å². The van der Waals surface area contributed by atoms with Crippen molar-refractivity contribution in [1.29, 1.82) is 0 Å². The summed E-state index contributed by atoms with van der Waals surface area (Å²) in [4.78, 5) is 0. The minimum absolute atomic E-state index is 0.300. The first-order valence-electron chi connectivity index (χ1n) is 5.41. The molecule has 0 fully saturated rings. The van der Waals surface area contributed by atoms with E-state index in [2.05, 4.69) is 21.2 Å². The molecule has 1 unspecified atom stereocenters. The number of likely N-dealkylation sites (N-methyl/N-ethyl adjacent to an activating group) is 1. The maximum Gasteiger partial charge on any atom is 0.133 e. The molecule has 4 heteroatoms. The zero-order valence-corrected chi connectivity index (χ0v) is 11.3. The highest BCUT2D eigenvalue weighted by Crippen LogP contribution is 2.25. The molecule has 3 nitrogen and oxygen atoms in total. The van der Waals surface area contributed by atoms with Crippen molar-refractivity contribution in [2.45, 2.75) is 20.0 Å². The predicted molar refractivity (Wildman–Crippen MR) is 68.9 cm³/mol. The fourth-order valence-corrected chi connectivity index (χ4v) is 1.89. The summed E-state index contributed by atoms with van der Waals surface area (Å²) >= 11 is 3.43. The summed E-state index contributed by atoms with van der Waals surface area (Å²) in [5, 5.41) is 12.7. The Morgan fingerprint density at radius 2 is 2.25 bits per heavy atom. The molecule has 1 aromatic rings. The van der Waals surface area contributed by atoms with Gasteiger partial charge < -0.3 is 15.2 Å². The lowest BCUT2D eigenvalue weighted by atomic mass is 10.2. The average molecular weight is 288 g/mol. The van der Waals surface area contributed by atoms with Gasteiger partial charge in [-0.1, -0.05) is 13.0 Å². The Labute approximate surface area is 105 Å². The van der Waals surface area contributed by atoms with Crippen molar-refractivity contribution < 1.29 is 9.84 Å². The van der Waals surface area contributed by atoms with Crippen LogP contribution in [0.2, 0.25) is 0 Å². The first-order chi connectivity index (χ1) is 7.63. The Balaban J connectivity index is 2.42. The Morgan fingerprint density at radius 1 is 1.50 bits per heavy atom. The van der Waals surface area contributed by atoms with E-state index in [4.69, 9.17) is 4.74 Å². The summed E-state index contributed by atoms with van der Waals surface area (Å²) in [6.07, 6.45) is -0.479. The third-order valence-electron chi connectivity index (χ3n) is 2.15. The van der Waals surface area contributed by atoms with Crippen molar-refractivity contribution in [3.8, 4) is 5.75 Å². The third-order valence-corrected chi connectivity index (χ3v) is 2.77. The van der Waals surface area contributed by atoms with Crippen LogP contribution < -0.4 is 10.1 Å². The van der Waals surface area contributed by atoms with Gasteiger partial charge in [0.05, 0.1) is 4.47 Å². The maximum absolute atomic E-state index is 9.58. The number of aliphatic hydroxyl groups is 1. The second-order valence-corrected chi connectivity index (χ2v) is 4.56. The summed E-state index contributed by atoms with van der Waals surface area (Å²) in [6, 6.07) is 5.88. The summed E-state index contributed by atoms with van der Waals surface area (Å²) in [5.41, 5.74) is 1.17. The van der Waals surface area contributed by atoms with Gasteiger partial charge in [0.25, 0.3) is 0 Å². The largest absolute Gasteiger partial charge is 0.490 e. The van der Waals surface area contributed by atoms with Gasteiger partial charge in [-0.05, 0) is 47.1 Å². The van der Waals surface area contributed by atoms with E-state index < -0.39 is 6.10 Å². The molecule has 0 heterocycles. The van der Waals surface area contributed by atoms with Crippen molar-refractivity contribution in [1.82, 2.24) is 5.32 Å². The van der Waals surface area contributed by atoms with Crippen LogP contribution in [0.1, 0.15) is 12.5 Å². The van der Waals surface area contributed by atoms with Gasteiger partial charge in [-0.25, -0.2) is 0 Å². The second-order valence-electron chi connectivity index (χ2n) is 3.71. The summed E-state index contributed by atoms with van der Waals surface area (Å²) in [5.74, 6) is 0.765. The SMILES string of the molecule is CCNCC(O)COc1ccc(C)cc1Br. The number of rotatable bonds is 6. The number of hydrogen-bond donors (Lipinski definition) is 2. The van der Waals surface area contributed by atoms with E-state index in [-0.39, 0.29) is 0 Å². The molecule has 0 saturated carbocycles. The maximum atomic E-state index is 9.58. The molecule has 0 aliphatic carbocycles. The van der Waals surface area contributed by atoms with Gasteiger partial charge in [0, 0.05) is 6.54 Å². The van der Waals surface area contributed by atoms with Crippen molar-refractivity contribution in [3.05, 3.63) is 28.2 Å². The summed E-state index contributed by atoms with van der Waals surface area (Å²) in [7, 11) is 0. The number of nitrogens with one attached hydrogen (secondary N) is 1. The van der Waals surface area contributed by atoms with E-state index in [9.17, 15) is 5.11 Å². The van der Waals surface area contributed by atoms with E-state index in [1.807, 2.05) is 32.0 Å². The second kappa shape index (κ2) is 6.89. The standard InChI is InChI=1S/C12H18BrNO2/c1-3-14-7-10(15)8-16-12-5-4-9(2)6-11(12)13/h4-6,10,14-15H,3,7-8H2,1-2H3. The number of ether oxygens (including phenoxy) is 1. The van der Waals surface area contributed by atoms with Crippen molar-refractivity contribution in [3.63, 3.8) is 0 Å². The molecule has 0 radical (unpaired) electrons. The average Bonchev–Trinajstić information content (AvgIpc) is 2.25. The Morgan fingerprint density at radius 3 is 2.88 bits per heavy atom. The lowest BCUT2D eigenvalue weighted by Gasteiger charge is -2.13. The van der Waals surface area contributed by atoms with Crippen LogP contribution in [0.15, 0.2) is 22.7 Å². The number of aryl methyl sites for hydroxylation is 1. The van der Waals surface area contributed by atoms with Gasteiger partial charge >= 0.3 is 0 Å². The van der Waals surface area contributed by atoms with Crippen LogP contribution in [0.4, 0.5) is 0 Å². The van der Waals surface area contributed by atoms with Gasteiger partial charge in [-0.3, -0.25) is 0 Å². The molecule has 2 N–H and O–H groups in total. The highest BCUT2D eigenvalue weighted by molar-refractivity contribution is 9.10. The number of aliphatic hydroxyl groups excluding tert-OH is 1. The fourth-order valence-electron chi connectivity index (χ4n) is 1.28. The predicted octanol–water partition coefficient (Wildman–Crippen LogP) is 2.11. The summed E-state index contributed by atoms with van der Waals surface area (Å²) in [6.45, 7) is 5.73. The van der Waals surface area contributed by atoms with Crippen molar-refractivity contribution >= 4 is 15.9 Å². The van der Waals surface area contributed by atoms with Gasteiger partial charge in [-0.2, -0.15) is 0 Å². The molecule has 90 valence electrons. The van der Waals surface area contributed by atoms with Crippen LogP contribution in [0, 0.1) is 6.92 Å². The number of halogens is 1. The molecule has 1 rings (SSSR count). The lowest BCUT2D eigenvalue weighted by Crippen LogP contribution is -2.31. The molecular formula is C12H18BrNO2. The normalized spacial score (nSPS) is 12.5. The Hall–Kier alpha value is -0.580. The molecule has 16 heavy (non-hydrogen) atoms. The minimum atomic E-state index is -0.479. The van der Waals surface area contributed by atoms with E-state index >= 15 is 0 Å². The quantitative estimate of drug-likeness (QED) is 0.842. The van der Waals surface area contributed by atoms with E-state index in [1.54, 1.807) is 0 Å². The zero-order valence-electron chi connectivity index (χ0n) is 9.66. The Kier molecular flexibility index (Phi) is 5.80. The van der Waals surface area contributed by atoms with Gasteiger partial charge in [0.1, 0.15) is 18.5 Å². The smallest absolute Gasteiger partial charge is 0.133 e. The van der Waals surface area contributed by atoms with Crippen molar-refractivity contribution in [2.24, 2.45) is 0 Å². The first-order valence-corrected chi connectivity index (χ1v) is 6.20. The van der Waals surface area contributed by atoms with E-state index in [1.165, 1.54) is 5.56 Å². The highest BCUT2D eigenvalue weighted by atomic mass is 79.9. The number of hydrogen-bond acceptors (Lipinski definition) is 3. The highest BCUT2D eigenvalue weighted by Gasteiger charge is 2.06. The Bertz CT molecular complexity index is 331. The van der Waals surface area contributed by atoms with Gasteiger partial charge in [0.2, 0.25) is 0 Å². The topological polar surface area (TPSA) is 41.5 Å². The molecule has 1 aromatic carbocycles. The monoisotopic (exact) mass is 287 g/mol. The van der Waals surface area contributed by atoms with Crippen molar-refractivity contribution in [2.75, 3.05) is 19.7 Å². The molecular weight excluding hydrogens is 270 g/mol. The first kappa shape index (κ1) is 13.5. The zero-order chi connectivity index (χ0) is 12.0. The number of benzene rings is 1. The molecule has 0 spiro atoms. The molecule has 0 saturated heterocycles. The fraction of sp³-hybridized carbons (Fsp3) is 0.500. The molecule has 0 aliphatic heterocycles. The van der Waals surface area contributed by atoms with Crippen LogP contribution >= 0.6 is 15.9 Å². The molecule has 0 aliphatic rings. The van der Waals surface area contributed by atoms with Gasteiger partial charge in [0.15, 0.2) is 0 Å². The molecule has 0 amide bonds. The van der Waals surface area contributed by atoms with Crippen LogP contribution in [0.25, 0.3) is 0 Å². The summed E-state index contributed by atoms with van der Waals surface area (Å²) < 4.78 is 6.43. The van der Waals surface area contributed by atoms with E-state index in [0.29, 0.717) is 13.2 Å². The molecule has 0 bridgehead atoms. The van der Waals surface area contributed by atoms with Crippen LogP contribution in [0.3, 0.4) is 0 Å². The lowest BCUT2D eigenvalue weighted by molar-refractivity contribution is 0.106. The minimum Gasteiger partial charge on any atom is -0.490 e. The van der Waals surface area contributed by atoms with Crippen LogP contribution in [0.5, 0.6) is 5.75 Å². The van der Waals surface area contributed by atoms with E-state index in [0.717, 1.165) is 16.8 Å².